The van der Waals surface area contributed by atoms with E-state index in [1.54, 1.807) is 0 Å². The fourth-order valence-electron chi connectivity index (χ4n) is 5.00. The number of amides is 2. The Kier molecular flexibility index (Phi) is 7.47. The summed E-state index contributed by atoms with van der Waals surface area (Å²) >= 11 is 0. The van der Waals surface area contributed by atoms with E-state index < -0.39 is 18.1 Å². The normalized spacial score (nSPS) is 20.0. The Balaban J connectivity index is 1.31. The molecule has 8 heteroatoms. The quantitative estimate of drug-likeness (QED) is 0.550. The Hall–Kier alpha value is -3.39. The van der Waals surface area contributed by atoms with Gasteiger partial charge in [0.15, 0.2) is 6.04 Å². The van der Waals surface area contributed by atoms with E-state index in [9.17, 15) is 19.5 Å². The lowest BCUT2D eigenvalue weighted by molar-refractivity contribution is -0.144. The maximum Gasteiger partial charge on any atom is 0.407 e. The van der Waals surface area contributed by atoms with Crippen LogP contribution in [-0.4, -0.2) is 55.5 Å². The van der Waals surface area contributed by atoms with Gasteiger partial charge in [-0.15, -0.1) is 0 Å². The highest BCUT2D eigenvalue weighted by Gasteiger charge is 2.32. The molecule has 34 heavy (non-hydrogen) atoms. The average Bonchev–Trinajstić information content (AvgIpc) is 3.16. The number of rotatable bonds is 8. The Labute approximate surface area is 198 Å². The van der Waals surface area contributed by atoms with Crippen LogP contribution >= 0.6 is 0 Å². The number of hydrogen-bond donors (Lipinski definition) is 3. The molecule has 2 aromatic carbocycles. The second-order valence-electron chi connectivity index (χ2n) is 8.89. The number of carbonyl (C=O) groups is 3. The van der Waals surface area contributed by atoms with Gasteiger partial charge < -0.3 is 25.2 Å². The lowest BCUT2D eigenvalue weighted by Crippen LogP contribution is -2.48. The maximum atomic E-state index is 12.6. The Bertz CT molecular complexity index is 1010. The zero-order valence-corrected chi connectivity index (χ0v) is 19.2. The van der Waals surface area contributed by atoms with Crippen LogP contribution in [0.25, 0.3) is 11.1 Å². The zero-order valence-electron chi connectivity index (χ0n) is 19.2. The van der Waals surface area contributed by atoms with E-state index >= 15 is 0 Å². The summed E-state index contributed by atoms with van der Waals surface area (Å²) in [5.41, 5.74) is 4.63. The SMILES string of the molecule is COC[C@H](NC(=O)[C@@H]1CCC[C@@H](NC(=O)OCC2c3ccccc3-c3ccccc32)C1)C(=O)O. The number of alkyl carbamates (subject to hydrolysis) is 1. The minimum atomic E-state index is -1.14. The van der Waals surface area contributed by atoms with E-state index in [0.717, 1.165) is 24.0 Å². The van der Waals surface area contributed by atoms with Gasteiger partial charge in [0.1, 0.15) is 6.61 Å². The van der Waals surface area contributed by atoms with E-state index in [2.05, 4.69) is 34.9 Å². The van der Waals surface area contributed by atoms with Crippen molar-refractivity contribution in [3.63, 3.8) is 0 Å². The molecule has 0 unspecified atom stereocenters. The van der Waals surface area contributed by atoms with Gasteiger partial charge in [0.05, 0.1) is 6.61 Å². The van der Waals surface area contributed by atoms with Crippen molar-refractivity contribution in [2.24, 2.45) is 5.92 Å². The van der Waals surface area contributed by atoms with Crippen LogP contribution in [0.4, 0.5) is 4.79 Å². The fraction of sp³-hybridized carbons (Fsp3) is 0.423. The van der Waals surface area contributed by atoms with E-state index in [1.165, 1.54) is 18.2 Å². The third-order valence-electron chi connectivity index (χ3n) is 6.66. The highest BCUT2D eigenvalue weighted by atomic mass is 16.5. The molecule has 4 rings (SSSR count). The van der Waals surface area contributed by atoms with Crippen LogP contribution in [-0.2, 0) is 19.1 Å². The largest absolute Gasteiger partial charge is 0.480 e. The summed E-state index contributed by atoms with van der Waals surface area (Å²) in [4.78, 5) is 36.5. The van der Waals surface area contributed by atoms with Gasteiger partial charge in [0.2, 0.25) is 5.91 Å². The van der Waals surface area contributed by atoms with Gasteiger partial charge in [0, 0.05) is 25.0 Å². The molecule has 1 fully saturated rings. The molecule has 2 amide bonds. The molecule has 2 aliphatic carbocycles. The van der Waals surface area contributed by atoms with Crippen LogP contribution in [0.3, 0.4) is 0 Å². The number of nitrogens with one attached hydrogen (secondary N) is 2. The van der Waals surface area contributed by atoms with Crippen molar-refractivity contribution in [1.29, 1.82) is 0 Å². The first-order valence-electron chi connectivity index (χ1n) is 11.6. The molecule has 8 nitrogen and oxygen atoms in total. The monoisotopic (exact) mass is 466 g/mol. The van der Waals surface area contributed by atoms with E-state index in [1.807, 2.05) is 24.3 Å². The molecule has 0 spiro atoms. The first kappa shape index (κ1) is 23.8. The number of carbonyl (C=O) groups excluding carboxylic acids is 2. The van der Waals surface area contributed by atoms with Gasteiger partial charge in [-0.05, 0) is 41.5 Å². The average molecular weight is 467 g/mol. The third-order valence-corrected chi connectivity index (χ3v) is 6.66. The van der Waals surface area contributed by atoms with Crippen molar-refractivity contribution >= 4 is 18.0 Å². The number of hydrogen-bond acceptors (Lipinski definition) is 5. The van der Waals surface area contributed by atoms with Crippen LogP contribution in [0.15, 0.2) is 48.5 Å². The summed E-state index contributed by atoms with van der Waals surface area (Å²) in [5.74, 6) is -1.86. The molecule has 180 valence electrons. The molecular weight excluding hydrogens is 436 g/mol. The van der Waals surface area contributed by atoms with Crippen LogP contribution in [0.1, 0.15) is 42.7 Å². The third kappa shape index (κ3) is 5.22. The molecule has 0 aromatic heterocycles. The predicted molar refractivity (Wildman–Crippen MR) is 125 cm³/mol. The van der Waals surface area contributed by atoms with Crippen LogP contribution < -0.4 is 10.6 Å². The smallest absolute Gasteiger partial charge is 0.407 e. The van der Waals surface area contributed by atoms with Gasteiger partial charge in [-0.1, -0.05) is 55.0 Å². The van der Waals surface area contributed by atoms with E-state index in [-0.39, 0.29) is 37.0 Å². The minimum absolute atomic E-state index is 0.0169. The summed E-state index contributed by atoms with van der Waals surface area (Å²) in [7, 11) is 1.39. The number of fused-ring (bicyclic) bond motifs is 3. The van der Waals surface area contributed by atoms with Gasteiger partial charge in [-0.2, -0.15) is 0 Å². The van der Waals surface area contributed by atoms with Crippen molar-refractivity contribution in [2.45, 2.75) is 43.7 Å². The highest BCUT2D eigenvalue weighted by Crippen LogP contribution is 2.44. The standard InChI is InChI=1S/C26H30N2O6/c1-33-15-23(25(30)31)28-24(29)16-7-6-8-17(13-16)27-26(32)34-14-22-20-11-4-2-9-18(20)19-10-3-5-12-21(19)22/h2-5,9-12,16-17,22-23H,6-8,13-15H2,1H3,(H,27,32)(H,28,29)(H,30,31)/t16-,17-,23+/m1/s1. The summed E-state index contributed by atoms with van der Waals surface area (Å²) < 4.78 is 10.5. The molecule has 2 aliphatic rings. The predicted octanol–water partition coefficient (Wildman–Crippen LogP) is 3.30. The van der Waals surface area contributed by atoms with E-state index in [4.69, 9.17) is 9.47 Å². The van der Waals surface area contributed by atoms with Gasteiger partial charge >= 0.3 is 12.1 Å². The molecule has 2 aromatic rings. The zero-order chi connectivity index (χ0) is 24.1. The van der Waals surface area contributed by atoms with Crippen molar-refractivity contribution in [3.8, 4) is 11.1 Å². The second kappa shape index (κ2) is 10.7. The second-order valence-corrected chi connectivity index (χ2v) is 8.89. The van der Waals surface area contributed by atoms with Crippen molar-refractivity contribution in [1.82, 2.24) is 10.6 Å². The Morgan fingerprint density at radius 1 is 1.03 bits per heavy atom. The molecule has 0 aliphatic heterocycles. The summed E-state index contributed by atoms with van der Waals surface area (Å²) in [6, 6.07) is 15.0. The molecule has 3 N–H and O–H groups in total. The number of ether oxygens (including phenoxy) is 2. The molecule has 0 radical (unpaired) electrons. The molecule has 0 heterocycles. The number of aliphatic carboxylic acids is 1. The first-order chi connectivity index (χ1) is 16.5. The number of benzene rings is 2. The van der Waals surface area contributed by atoms with Crippen molar-refractivity contribution in [2.75, 3.05) is 20.3 Å². The van der Waals surface area contributed by atoms with Gasteiger partial charge in [-0.3, -0.25) is 4.79 Å². The topological polar surface area (TPSA) is 114 Å². The number of carboxylic acids is 1. The van der Waals surface area contributed by atoms with Gasteiger partial charge in [0.25, 0.3) is 0 Å². The van der Waals surface area contributed by atoms with Crippen LogP contribution in [0.2, 0.25) is 0 Å². The van der Waals surface area contributed by atoms with Crippen molar-refractivity contribution in [3.05, 3.63) is 59.7 Å². The summed E-state index contributed by atoms with van der Waals surface area (Å²) in [6.45, 7) is 0.128. The Morgan fingerprint density at radius 2 is 1.68 bits per heavy atom. The first-order valence-corrected chi connectivity index (χ1v) is 11.6. The number of carboxylic acid groups (broad SMARTS) is 1. The lowest BCUT2D eigenvalue weighted by atomic mass is 9.85. The molecule has 0 saturated heterocycles. The molecule has 1 saturated carbocycles. The maximum absolute atomic E-state index is 12.6. The summed E-state index contributed by atoms with van der Waals surface area (Å²) in [6.07, 6.45) is 2.09. The molecular formula is C26H30N2O6. The highest BCUT2D eigenvalue weighted by molar-refractivity contribution is 5.85. The van der Waals surface area contributed by atoms with Crippen LogP contribution in [0, 0.1) is 5.92 Å². The Morgan fingerprint density at radius 3 is 2.29 bits per heavy atom. The minimum Gasteiger partial charge on any atom is -0.480 e. The lowest BCUT2D eigenvalue weighted by Gasteiger charge is -2.29. The number of methoxy groups -OCH3 is 1. The van der Waals surface area contributed by atoms with Crippen molar-refractivity contribution < 1.29 is 29.0 Å². The summed E-state index contributed by atoms with van der Waals surface area (Å²) in [5, 5.41) is 14.7. The fourth-order valence-corrected chi connectivity index (χ4v) is 5.00. The van der Waals surface area contributed by atoms with E-state index in [0.29, 0.717) is 12.8 Å². The van der Waals surface area contributed by atoms with Gasteiger partial charge in [-0.25, -0.2) is 9.59 Å². The molecule has 0 bridgehead atoms. The molecule has 3 atom stereocenters. The van der Waals surface area contributed by atoms with Crippen LogP contribution in [0.5, 0.6) is 0 Å².